The molecule has 1 N–H and O–H groups in total. The predicted molar refractivity (Wildman–Crippen MR) is 58.2 cm³/mol. The molecule has 2 heterocycles. The Bertz CT molecular complexity index is 306. The molecule has 2 fully saturated rings. The highest BCUT2D eigenvalue weighted by Crippen LogP contribution is 2.27. The monoisotopic (exact) mass is 226 g/mol. The molecule has 2 amide bonds. The van der Waals surface area contributed by atoms with Crippen molar-refractivity contribution in [3.63, 3.8) is 0 Å². The van der Waals surface area contributed by atoms with Gasteiger partial charge in [0.25, 0.3) is 0 Å². The summed E-state index contributed by atoms with van der Waals surface area (Å²) in [6.07, 6.45) is 3.34. The lowest BCUT2D eigenvalue weighted by atomic mass is 10.0. The van der Waals surface area contributed by atoms with Crippen LogP contribution in [0.2, 0.25) is 0 Å². The number of carbonyl (C=O) groups is 2. The smallest absolute Gasteiger partial charge is 0.320 e. The molecule has 2 aliphatic heterocycles. The fraction of sp³-hybridized carbons (Fsp3) is 0.818. The molecule has 0 unspecified atom stereocenters. The van der Waals surface area contributed by atoms with Crippen molar-refractivity contribution in [3.05, 3.63) is 0 Å². The number of rotatable bonds is 3. The Morgan fingerprint density at radius 1 is 1.56 bits per heavy atom. The lowest BCUT2D eigenvalue weighted by molar-refractivity contribution is -0.137. The summed E-state index contributed by atoms with van der Waals surface area (Å²) < 4.78 is 0. The van der Waals surface area contributed by atoms with E-state index >= 15 is 0 Å². The first-order valence-electron chi connectivity index (χ1n) is 5.88. The molecular formula is C11H18N2O3. The number of carbonyl (C=O) groups excluding carboxylic acids is 1. The second-order valence-corrected chi connectivity index (χ2v) is 4.72. The number of hydrogen-bond donors (Lipinski definition) is 1. The summed E-state index contributed by atoms with van der Waals surface area (Å²) in [5.41, 5.74) is 0. The minimum absolute atomic E-state index is 0.0263. The molecule has 5 nitrogen and oxygen atoms in total. The van der Waals surface area contributed by atoms with Crippen molar-refractivity contribution in [1.29, 1.82) is 0 Å². The summed E-state index contributed by atoms with van der Waals surface area (Å²) >= 11 is 0. The van der Waals surface area contributed by atoms with Crippen LogP contribution in [0.3, 0.4) is 0 Å². The maximum absolute atomic E-state index is 12.0. The molecule has 0 aromatic heterocycles. The Morgan fingerprint density at radius 2 is 2.31 bits per heavy atom. The van der Waals surface area contributed by atoms with E-state index in [4.69, 9.17) is 5.11 Å². The lowest BCUT2D eigenvalue weighted by Gasteiger charge is -2.27. The third-order valence-electron chi connectivity index (χ3n) is 3.53. The van der Waals surface area contributed by atoms with Gasteiger partial charge in [-0.1, -0.05) is 0 Å². The summed E-state index contributed by atoms with van der Waals surface area (Å²) in [5, 5.41) is 8.74. The Morgan fingerprint density at radius 3 is 2.94 bits per heavy atom. The summed E-state index contributed by atoms with van der Waals surface area (Å²) in [4.78, 5) is 26.3. The lowest BCUT2D eigenvalue weighted by Crippen LogP contribution is -2.40. The molecule has 0 aromatic carbocycles. The Balaban J connectivity index is 2.01. The van der Waals surface area contributed by atoms with Crippen LogP contribution >= 0.6 is 0 Å². The Hall–Kier alpha value is -1.26. The fourth-order valence-electron chi connectivity index (χ4n) is 2.64. The number of carboxylic acids is 1. The van der Waals surface area contributed by atoms with E-state index in [1.165, 1.54) is 6.42 Å². The standard InChI is InChI=1S/C11H18N2O3/c1-8(6-10(14)15)13-7-9-4-2-3-5-12(9)11(13)16/h8-9H,2-7H2,1H3,(H,14,15)/t8-,9+/m1/s1. The Labute approximate surface area is 95.0 Å². The Kier molecular flexibility index (Phi) is 3.03. The predicted octanol–water partition coefficient (Wildman–Crippen LogP) is 1.14. The molecule has 0 spiro atoms. The average Bonchev–Trinajstić information content (AvgIpc) is 2.56. The van der Waals surface area contributed by atoms with Gasteiger partial charge in [0.15, 0.2) is 0 Å². The van der Waals surface area contributed by atoms with Crippen molar-refractivity contribution in [2.45, 2.75) is 44.7 Å². The minimum Gasteiger partial charge on any atom is -0.481 e. The summed E-state index contributed by atoms with van der Waals surface area (Å²) in [7, 11) is 0. The minimum atomic E-state index is -0.842. The van der Waals surface area contributed by atoms with E-state index in [1.54, 1.807) is 4.90 Å². The van der Waals surface area contributed by atoms with Crippen molar-refractivity contribution in [2.75, 3.05) is 13.1 Å². The van der Waals surface area contributed by atoms with Crippen LogP contribution < -0.4 is 0 Å². The highest BCUT2D eigenvalue weighted by atomic mass is 16.4. The van der Waals surface area contributed by atoms with E-state index in [9.17, 15) is 9.59 Å². The van der Waals surface area contributed by atoms with Crippen molar-refractivity contribution in [3.8, 4) is 0 Å². The van der Waals surface area contributed by atoms with Gasteiger partial charge in [-0.05, 0) is 26.2 Å². The van der Waals surface area contributed by atoms with Crippen molar-refractivity contribution < 1.29 is 14.7 Å². The van der Waals surface area contributed by atoms with Gasteiger partial charge in [-0.2, -0.15) is 0 Å². The van der Waals surface area contributed by atoms with Crippen molar-refractivity contribution >= 4 is 12.0 Å². The third-order valence-corrected chi connectivity index (χ3v) is 3.53. The first kappa shape index (κ1) is 11.2. The van der Waals surface area contributed by atoms with Gasteiger partial charge >= 0.3 is 12.0 Å². The topological polar surface area (TPSA) is 60.9 Å². The number of aliphatic carboxylic acids is 1. The first-order valence-corrected chi connectivity index (χ1v) is 5.88. The van der Waals surface area contributed by atoms with Crippen LogP contribution in [0.25, 0.3) is 0 Å². The first-order chi connectivity index (χ1) is 7.59. The quantitative estimate of drug-likeness (QED) is 0.785. The molecule has 0 bridgehead atoms. The summed E-state index contributed by atoms with van der Waals surface area (Å²) in [5.74, 6) is -0.842. The number of urea groups is 1. The van der Waals surface area contributed by atoms with E-state index < -0.39 is 5.97 Å². The number of hydrogen-bond acceptors (Lipinski definition) is 2. The molecule has 2 atom stereocenters. The van der Waals surface area contributed by atoms with Gasteiger partial charge in [-0.15, -0.1) is 0 Å². The fourth-order valence-corrected chi connectivity index (χ4v) is 2.64. The van der Waals surface area contributed by atoms with Crippen LogP contribution in [0.4, 0.5) is 4.79 Å². The van der Waals surface area contributed by atoms with Crippen molar-refractivity contribution in [1.82, 2.24) is 9.80 Å². The summed E-state index contributed by atoms with van der Waals surface area (Å²) in [6.45, 7) is 3.34. The largest absolute Gasteiger partial charge is 0.481 e. The third kappa shape index (κ3) is 1.99. The average molecular weight is 226 g/mol. The molecule has 90 valence electrons. The van der Waals surface area contributed by atoms with Gasteiger partial charge in [-0.25, -0.2) is 4.79 Å². The van der Waals surface area contributed by atoms with Gasteiger partial charge in [0, 0.05) is 19.1 Å². The van der Waals surface area contributed by atoms with Crippen LogP contribution in [0.1, 0.15) is 32.6 Å². The molecular weight excluding hydrogens is 208 g/mol. The van der Waals surface area contributed by atoms with Gasteiger partial charge in [0.2, 0.25) is 0 Å². The number of piperidine rings is 1. The van der Waals surface area contributed by atoms with Gasteiger partial charge in [-0.3, -0.25) is 4.79 Å². The van der Waals surface area contributed by atoms with Crippen LogP contribution in [0.5, 0.6) is 0 Å². The SMILES string of the molecule is C[C@H](CC(=O)O)N1C[C@@H]2CCCCN2C1=O. The molecule has 0 saturated carbocycles. The van der Waals surface area contributed by atoms with Gasteiger partial charge in [0.05, 0.1) is 12.5 Å². The van der Waals surface area contributed by atoms with Crippen LogP contribution in [-0.2, 0) is 4.79 Å². The second kappa shape index (κ2) is 4.31. The van der Waals surface area contributed by atoms with Crippen LogP contribution in [0, 0.1) is 0 Å². The molecule has 2 aliphatic rings. The molecule has 0 aliphatic carbocycles. The van der Waals surface area contributed by atoms with E-state index in [2.05, 4.69) is 0 Å². The maximum atomic E-state index is 12.0. The maximum Gasteiger partial charge on any atom is 0.320 e. The van der Waals surface area contributed by atoms with E-state index in [0.29, 0.717) is 12.6 Å². The highest BCUT2D eigenvalue weighted by molar-refractivity contribution is 5.78. The zero-order chi connectivity index (χ0) is 11.7. The zero-order valence-corrected chi connectivity index (χ0v) is 9.56. The second-order valence-electron chi connectivity index (χ2n) is 4.72. The molecule has 16 heavy (non-hydrogen) atoms. The van der Waals surface area contributed by atoms with E-state index in [0.717, 1.165) is 19.4 Å². The van der Waals surface area contributed by atoms with E-state index in [1.807, 2.05) is 11.8 Å². The van der Waals surface area contributed by atoms with Gasteiger partial charge in [0.1, 0.15) is 0 Å². The van der Waals surface area contributed by atoms with Crippen LogP contribution in [-0.4, -0.2) is 52.1 Å². The molecule has 5 heteroatoms. The van der Waals surface area contributed by atoms with Gasteiger partial charge < -0.3 is 14.9 Å². The zero-order valence-electron chi connectivity index (χ0n) is 9.56. The highest BCUT2D eigenvalue weighted by Gasteiger charge is 2.40. The molecule has 0 aromatic rings. The number of nitrogens with zero attached hydrogens (tertiary/aromatic N) is 2. The molecule has 2 saturated heterocycles. The number of amides is 2. The number of fused-ring (bicyclic) bond motifs is 1. The summed E-state index contributed by atoms with van der Waals surface area (Å²) in [6, 6.07) is 0.145. The number of carboxylic acid groups (broad SMARTS) is 1. The molecule has 2 rings (SSSR count). The normalized spacial score (nSPS) is 26.8. The molecule has 0 radical (unpaired) electrons. The van der Waals surface area contributed by atoms with E-state index in [-0.39, 0.29) is 18.5 Å². The van der Waals surface area contributed by atoms with Crippen molar-refractivity contribution in [2.24, 2.45) is 0 Å². The van der Waals surface area contributed by atoms with Crippen LogP contribution in [0.15, 0.2) is 0 Å².